The third-order valence-corrected chi connectivity index (χ3v) is 6.22. The van der Waals surface area contributed by atoms with Gasteiger partial charge in [-0.25, -0.2) is 4.98 Å². The molecule has 1 aromatic heterocycles. The number of carboxylic acid groups (broad SMARTS) is 1. The molecule has 1 aliphatic rings. The number of nitrogens with zero attached hydrogens (tertiary/aromatic N) is 1. The van der Waals surface area contributed by atoms with Crippen LogP contribution in [-0.4, -0.2) is 28.8 Å². The van der Waals surface area contributed by atoms with E-state index in [1.165, 1.54) is 17.0 Å². The van der Waals surface area contributed by atoms with Crippen molar-refractivity contribution in [1.29, 1.82) is 0 Å². The second-order valence-corrected chi connectivity index (χ2v) is 8.87. The van der Waals surface area contributed by atoms with Crippen molar-refractivity contribution >= 4 is 17.3 Å². The number of carboxylic acids is 1. The zero-order valence-corrected chi connectivity index (χ0v) is 20.4. The van der Waals surface area contributed by atoms with Crippen molar-refractivity contribution in [2.45, 2.75) is 52.6 Å². The van der Waals surface area contributed by atoms with E-state index in [9.17, 15) is 18.0 Å². The maximum Gasteiger partial charge on any atom is 0.417 e. The van der Waals surface area contributed by atoms with Crippen molar-refractivity contribution < 1.29 is 27.8 Å². The van der Waals surface area contributed by atoms with Gasteiger partial charge in [0.2, 0.25) is 0 Å². The normalized spacial score (nSPS) is 13.9. The molecule has 1 heterocycles. The van der Waals surface area contributed by atoms with E-state index < -0.39 is 17.7 Å². The molecule has 0 bridgehead atoms. The molecule has 0 saturated carbocycles. The van der Waals surface area contributed by atoms with Gasteiger partial charge in [-0.3, -0.25) is 4.79 Å². The van der Waals surface area contributed by atoms with E-state index in [-0.39, 0.29) is 6.42 Å². The van der Waals surface area contributed by atoms with Crippen LogP contribution in [0.5, 0.6) is 5.75 Å². The van der Waals surface area contributed by atoms with Crippen LogP contribution in [0.15, 0.2) is 64.9 Å². The number of aromatic nitrogens is 1. The number of halogens is 3. The molecule has 2 aromatic rings. The monoisotopic (exact) mass is 491 g/mol. The standard InChI is InChI=1S/C17H21NO3S.C9H7F3/c1-11-8-15(6-4-14(11)5-7-16(19)20)21-9-12(2)17-13(3)18-10-22-17;1-7-3-2-4-8(6-5-7)9(10,11)12/h4,6,8,10,12H,5,7,9H2,1-3H3,(H,19,20);3-6H,1H3. The molecule has 182 valence electrons. The Bertz CT molecular complexity index is 1120. The summed E-state index contributed by atoms with van der Waals surface area (Å²) < 4.78 is 42.1. The van der Waals surface area contributed by atoms with E-state index in [4.69, 9.17) is 9.84 Å². The fourth-order valence-electron chi connectivity index (χ4n) is 3.12. The summed E-state index contributed by atoms with van der Waals surface area (Å²) in [6.07, 6.45) is 1.34. The van der Waals surface area contributed by atoms with E-state index in [1.807, 2.05) is 37.6 Å². The Labute approximate surface area is 201 Å². The summed E-state index contributed by atoms with van der Waals surface area (Å²) in [5, 5.41) is 8.75. The highest BCUT2D eigenvalue weighted by Crippen LogP contribution is 2.27. The maximum atomic E-state index is 12.1. The lowest BCUT2D eigenvalue weighted by atomic mass is 10.0. The molecule has 3 rings (SSSR count). The molecule has 4 nitrogen and oxygen atoms in total. The first-order valence-electron chi connectivity index (χ1n) is 10.7. The number of carbonyl (C=O) groups is 1. The molecule has 0 aliphatic heterocycles. The summed E-state index contributed by atoms with van der Waals surface area (Å²) in [6, 6.07) is 5.84. The minimum atomic E-state index is -4.28. The Morgan fingerprint density at radius 2 is 1.94 bits per heavy atom. The second-order valence-electron chi connectivity index (χ2n) is 7.98. The smallest absolute Gasteiger partial charge is 0.417 e. The fourth-order valence-corrected chi connectivity index (χ4v) is 3.97. The van der Waals surface area contributed by atoms with Crippen LogP contribution in [0.25, 0.3) is 0 Å². The van der Waals surface area contributed by atoms with Crippen LogP contribution in [0.4, 0.5) is 13.2 Å². The van der Waals surface area contributed by atoms with Gasteiger partial charge in [-0.15, -0.1) is 17.1 Å². The highest BCUT2D eigenvalue weighted by Gasteiger charge is 2.31. The van der Waals surface area contributed by atoms with Crippen molar-refractivity contribution in [3.05, 3.63) is 86.6 Å². The lowest BCUT2D eigenvalue weighted by Gasteiger charge is -2.14. The van der Waals surface area contributed by atoms with Gasteiger partial charge in [0.15, 0.2) is 0 Å². The van der Waals surface area contributed by atoms with Gasteiger partial charge in [0.25, 0.3) is 0 Å². The van der Waals surface area contributed by atoms with Crippen LogP contribution >= 0.6 is 11.3 Å². The van der Waals surface area contributed by atoms with E-state index in [0.29, 0.717) is 18.9 Å². The van der Waals surface area contributed by atoms with E-state index >= 15 is 0 Å². The molecule has 8 heteroatoms. The lowest BCUT2D eigenvalue weighted by Crippen LogP contribution is -2.09. The Hall–Kier alpha value is -3.09. The topological polar surface area (TPSA) is 59.4 Å². The average Bonchev–Trinajstić information content (AvgIpc) is 3.06. The number of thiazole rings is 1. The summed E-state index contributed by atoms with van der Waals surface area (Å²) in [5.74, 6) is 0.360. The molecule has 0 fully saturated rings. The Morgan fingerprint density at radius 1 is 1.21 bits per heavy atom. The molecule has 0 spiro atoms. The third-order valence-electron chi connectivity index (χ3n) is 5.06. The van der Waals surface area contributed by atoms with E-state index in [2.05, 4.69) is 17.6 Å². The Kier molecular flexibility index (Phi) is 9.90. The molecule has 1 atom stereocenters. The second kappa shape index (κ2) is 12.4. The molecule has 34 heavy (non-hydrogen) atoms. The number of aryl methyl sites for hydroxylation is 3. The quantitative estimate of drug-likeness (QED) is 0.420. The maximum absolute atomic E-state index is 12.1. The van der Waals surface area contributed by atoms with Gasteiger partial charge in [-0.2, -0.15) is 13.2 Å². The summed E-state index contributed by atoms with van der Waals surface area (Å²) >= 11 is 1.66. The largest absolute Gasteiger partial charge is 0.493 e. The number of hydrogen-bond donors (Lipinski definition) is 1. The number of alkyl halides is 3. The number of aliphatic carboxylic acids is 1. The number of ether oxygens (including phenoxy) is 1. The highest BCUT2D eigenvalue weighted by atomic mass is 32.1. The summed E-state index contributed by atoms with van der Waals surface area (Å²) in [6.45, 7) is 8.47. The minimum absolute atomic E-state index is 0.155. The number of allylic oxidation sites excluding steroid dienone is 5. The SMILES string of the molecule is CC1=CC=C(C(F)(F)F)C=C=C1.Cc1cc(OCC(C)c2scnc2C)ccc1CCC(=O)O. The van der Waals surface area contributed by atoms with Crippen molar-refractivity contribution in [3.63, 3.8) is 0 Å². The minimum Gasteiger partial charge on any atom is -0.493 e. The number of rotatable bonds is 7. The van der Waals surface area contributed by atoms with Crippen molar-refractivity contribution in [3.8, 4) is 5.75 Å². The number of benzene rings is 1. The van der Waals surface area contributed by atoms with Crippen LogP contribution < -0.4 is 4.74 Å². The molecular weight excluding hydrogens is 463 g/mol. The van der Waals surface area contributed by atoms with Crippen LogP contribution in [0.3, 0.4) is 0 Å². The summed E-state index contributed by atoms with van der Waals surface area (Å²) in [7, 11) is 0. The van der Waals surface area contributed by atoms with Crippen LogP contribution in [-0.2, 0) is 11.2 Å². The molecule has 1 aliphatic carbocycles. The molecule has 0 amide bonds. The van der Waals surface area contributed by atoms with Crippen molar-refractivity contribution in [2.75, 3.05) is 6.61 Å². The molecule has 1 N–H and O–H groups in total. The van der Waals surface area contributed by atoms with Crippen molar-refractivity contribution in [2.24, 2.45) is 0 Å². The average molecular weight is 492 g/mol. The Balaban J connectivity index is 0.000000287. The molecule has 1 aromatic carbocycles. The first-order valence-corrected chi connectivity index (χ1v) is 11.6. The fraction of sp³-hybridized carbons (Fsp3) is 0.346. The van der Waals surface area contributed by atoms with Gasteiger partial charge >= 0.3 is 12.1 Å². The van der Waals surface area contributed by atoms with Gasteiger partial charge in [0.05, 0.1) is 23.4 Å². The third kappa shape index (κ3) is 8.69. The lowest BCUT2D eigenvalue weighted by molar-refractivity contribution is -0.136. The predicted octanol–water partition coefficient (Wildman–Crippen LogP) is 7.11. The first kappa shape index (κ1) is 27.2. The van der Waals surface area contributed by atoms with Gasteiger partial charge in [0.1, 0.15) is 5.75 Å². The van der Waals surface area contributed by atoms with Crippen LogP contribution in [0.1, 0.15) is 47.9 Å². The zero-order chi connectivity index (χ0) is 25.3. The zero-order valence-electron chi connectivity index (χ0n) is 19.6. The van der Waals surface area contributed by atoms with Crippen LogP contribution in [0, 0.1) is 13.8 Å². The summed E-state index contributed by atoms with van der Waals surface area (Å²) in [5.41, 5.74) is 7.59. The van der Waals surface area contributed by atoms with Gasteiger partial charge in [-0.05, 0) is 74.3 Å². The van der Waals surface area contributed by atoms with E-state index in [0.717, 1.165) is 40.3 Å². The van der Waals surface area contributed by atoms with Gasteiger partial charge in [-0.1, -0.05) is 19.1 Å². The predicted molar refractivity (Wildman–Crippen MR) is 128 cm³/mol. The highest BCUT2D eigenvalue weighted by molar-refractivity contribution is 7.09. The van der Waals surface area contributed by atoms with Gasteiger partial charge in [0, 0.05) is 17.2 Å². The Morgan fingerprint density at radius 3 is 2.53 bits per heavy atom. The van der Waals surface area contributed by atoms with Crippen molar-refractivity contribution in [1.82, 2.24) is 4.98 Å². The van der Waals surface area contributed by atoms with Crippen LogP contribution in [0.2, 0.25) is 0 Å². The molecular formula is C26H28F3NO3S. The number of hydrogen-bond acceptors (Lipinski definition) is 4. The van der Waals surface area contributed by atoms with Gasteiger partial charge < -0.3 is 9.84 Å². The first-order chi connectivity index (χ1) is 16.0. The molecule has 1 unspecified atom stereocenters. The molecule has 0 radical (unpaired) electrons. The molecule has 0 saturated heterocycles. The summed E-state index contributed by atoms with van der Waals surface area (Å²) in [4.78, 5) is 16.2. The van der Waals surface area contributed by atoms with E-state index in [1.54, 1.807) is 18.3 Å².